The molecule has 0 bridgehead atoms. The minimum Gasteiger partial charge on any atom is -0.434 e. The quantitative estimate of drug-likeness (QED) is 0.0345. The topological polar surface area (TPSA) is 184 Å². The van der Waals surface area contributed by atoms with Crippen LogP contribution in [0.25, 0.3) is 16.0 Å². The molecule has 0 spiro atoms. The van der Waals surface area contributed by atoms with Crippen LogP contribution >= 0.6 is 8.53 Å². The lowest BCUT2D eigenvalue weighted by Crippen LogP contribution is -2.35. The Labute approximate surface area is 372 Å². The number of fused-ring (bicyclic) bond motifs is 3. The van der Waals surface area contributed by atoms with Crippen LogP contribution in [0.4, 0.5) is 4.79 Å². The summed E-state index contributed by atoms with van der Waals surface area (Å²) in [6.45, 7) is 16.7. The molecule has 1 aliphatic heterocycles. The number of carbonyl (C=O) groups is 3. The molecule has 16 nitrogen and oxygen atoms in total. The maximum Gasteiger partial charge on any atom is 0.508 e. The van der Waals surface area contributed by atoms with Gasteiger partial charge in [-0.15, -0.1) is 0 Å². The van der Waals surface area contributed by atoms with Crippen molar-refractivity contribution in [1.29, 1.82) is 0 Å². The summed E-state index contributed by atoms with van der Waals surface area (Å²) in [6.07, 6.45) is 2.84. The zero-order valence-electron chi connectivity index (χ0n) is 37.8. The molecule has 1 aromatic heterocycles. The van der Waals surface area contributed by atoms with Gasteiger partial charge in [0.25, 0.3) is 14.1 Å². The number of unbranched alkanes of at least 4 members (excludes halogenated alkanes) is 3. The number of aromatic amines is 1. The van der Waals surface area contributed by atoms with E-state index in [0.717, 1.165) is 41.5 Å². The average molecular weight is 892 g/mol. The predicted octanol–water partition coefficient (Wildman–Crippen LogP) is 6.98. The number of aryl methyl sites for hydroxylation is 1. The largest absolute Gasteiger partial charge is 0.508 e. The zero-order valence-corrected chi connectivity index (χ0v) is 37.7. The predicted molar refractivity (Wildman–Crippen MR) is 240 cm³/mol. The minimum absolute atomic E-state index is 0.0167. The Kier molecular flexibility index (Phi) is 18.7. The van der Waals surface area contributed by atoms with Gasteiger partial charge in [0.05, 0.1) is 18.8 Å². The number of nitrogens with zero attached hydrogens (tertiary/aromatic N) is 3. The van der Waals surface area contributed by atoms with Crippen molar-refractivity contribution >= 4 is 26.5 Å². The van der Waals surface area contributed by atoms with E-state index in [1.807, 2.05) is 52.0 Å². The molecular formula is C46H63N6O10P. The van der Waals surface area contributed by atoms with Gasteiger partial charge in [0.2, 0.25) is 18.4 Å². The third-order valence-electron chi connectivity index (χ3n) is 10.9. The molecular weight excluding hydrogens is 828 g/mol. The fraction of sp³-hybridized carbons (Fsp3) is 0.565. The molecule has 2 aromatic carbocycles. The van der Waals surface area contributed by atoms with Gasteiger partial charge in [-0.05, 0) is 89.0 Å². The fourth-order valence-corrected chi connectivity index (χ4v) is 9.57. The van der Waals surface area contributed by atoms with E-state index in [9.17, 15) is 24.0 Å². The molecule has 63 heavy (non-hydrogen) atoms. The molecule has 17 heteroatoms. The number of benzene rings is 2. The van der Waals surface area contributed by atoms with Crippen LogP contribution in [-0.2, 0) is 39.3 Å². The van der Waals surface area contributed by atoms with E-state index < -0.39 is 44.4 Å². The number of carbonyl (C=O) groups excluding carboxylic acids is 3. The number of rotatable bonds is 25. The third kappa shape index (κ3) is 14.3. The van der Waals surface area contributed by atoms with Crippen molar-refractivity contribution in [3.05, 3.63) is 104 Å². The monoisotopic (exact) mass is 891 g/mol. The summed E-state index contributed by atoms with van der Waals surface area (Å²) in [5.41, 5.74) is 3.77. The summed E-state index contributed by atoms with van der Waals surface area (Å²) in [4.78, 5) is 68.5. The van der Waals surface area contributed by atoms with E-state index in [-0.39, 0.29) is 95.3 Å². The van der Waals surface area contributed by atoms with Gasteiger partial charge in [0.1, 0.15) is 19.4 Å². The Morgan fingerprint density at radius 3 is 2.19 bits per heavy atom. The maximum atomic E-state index is 12.9. The van der Waals surface area contributed by atoms with Crippen LogP contribution in [0.15, 0.2) is 64.3 Å². The van der Waals surface area contributed by atoms with Crippen LogP contribution in [0.5, 0.6) is 0 Å². The second-order valence-corrected chi connectivity index (χ2v) is 17.6. The number of nitrogens with one attached hydrogen (secondary N) is 3. The highest BCUT2D eigenvalue weighted by Crippen LogP contribution is 2.50. The number of hydrogen-bond donors (Lipinski definition) is 3. The molecule has 3 N–H and O–H groups in total. The number of hydrogen-bond acceptors (Lipinski definition) is 11. The number of amides is 2. The fourth-order valence-electron chi connectivity index (χ4n) is 7.82. The molecule has 4 atom stereocenters. The molecule has 4 unspecified atom stereocenters. The highest BCUT2D eigenvalue weighted by Gasteiger charge is 2.39. The lowest BCUT2D eigenvalue weighted by molar-refractivity contribution is -0.126. The van der Waals surface area contributed by atoms with Crippen molar-refractivity contribution in [2.75, 3.05) is 39.5 Å². The van der Waals surface area contributed by atoms with Crippen molar-refractivity contribution in [3.63, 3.8) is 0 Å². The Morgan fingerprint density at radius 2 is 1.56 bits per heavy atom. The highest BCUT2D eigenvalue weighted by atomic mass is 31.2. The van der Waals surface area contributed by atoms with Crippen LogP contribution in [0, 0.1) is 6.57 Å². The van der Waals surface area contributed by atoms with E-state index in [2.05, 4.69) is 49.4 Å². The van der Waals surface area contributed by atoms with E-state index >= 15 is 0 Å². The Bertz CT molecular complexity index is 2110. The number of H-pyrrole nitrogens is 1. The first-order valence-corrected chi connectivity index (χ1v) is 23.1. The van der Waals surface area contributed by atoms with Crippen LogP contribution < -0.4 is 21.9 Å². The molecule has 2 aliphatic rings. The van der Waals surface area contributed by atoms with Crippen molar-refractivity contribution in [2.24, 2.45) is 0 Å². The second-order valence-electron chi connectivity index (χ2n) is 16.2. The van der Waals surface area contributed by atoms with Crippen molar-refractivity contribution in [1.82, 2.24) is 24.9 Å². The van der Waals surface area contributed by atoms with Gasteiger partial charge in [-0.1, -0.05) is 55.0 Å². The Hall–Kier alpha value is -4.91. The van der Waals surface area contributed by atoms with Gasteiger partial charge < -0.3 is 38.7 Å². The molecule has 0 saturated carbocycles. The molecule has 342 valence electrons. The van der Waals surface area contributed by atoms with E-state index in [0.29, 0.717) is 24.9 Å². The molecule has 1 aliphatic carbocycles. The van der Waals surface area contributed by atoms with Gasteiger partial charge in [0.15, 0.2) is 0 Å². The molecule has 1 saturated heterocycles. The maximum absolute atomic E-state index is 12.9. The van der Waals surface area contributed by atoms with Gasteiger partial charge in [-0.2, -0.15) is 0 Å². The summed E-state index contributed by atoms with van der Waals surface area (Å²) in [5, 5.41) is 5.62. The van der Waals surface area contributed by atoms with Crippen molar-refractivity contribution in [3.8, 4) is 11.1 Å². The molecule has 1 fully saturated rings. The Morgan fingerprint density at radius 1 is 0.921 bits per heavy atom. The standard InChI is InChI=1S/C46H63N6O10P/c1-31(2)52(32(3)4)63(60-27-25-47-6)62-40-28-43(61-33(40)5)51-29-34(44(55)50-45(51)56)16-15-24-49-42(54)22-21-41(53)48-23-13-7-8-14-26-58-46(57)59-30-39-37-19-11-9-17-35(37)36-18-10-12-20-38(36)39/h9-12,17-20,29,31-33,39-40,43H,7-8,13-16,21-28,30H2,1-5H3,(H,48,53)(H,49,54)(H,50,55,56)/i5D. The summed E-state index contributed by atoms with van der Waals surface area (Å²) in [5.74, 6) is -0.536. The van der Waals surface area contributed by atoms with Gasteiger partial charge in [-0.25, -0.2) is 20.8 Å². The van der Waals surface area contributed by atoms with Crippen LogP contribution in [-0.4, -0.2) is 95.9 Å². The molecule has 2 heterocycles. The lowest BCUT2D eigenvalue weighted by atomic mass is 9.98. The molecule has 0 radical (unpaired) electrons. The summed E-state index contributed by atoms with van der Waals surface area (Å²) < 4.78 is 40.9. The van der Waals surface area contributed by atoms with Gasteiger partial charge in [-0.3, -0.25) is 23.9 Å². The highest BCUT2D eigenvalue weighted by molar-refractivity contribution is 7.44. The smallest absolute Gasteiger partial charge is 0.434 e. The van der Waals surface area contributed by atoms with Gasteiger partial charge in [0, 0.05) is 63.5 Å². The number of ether oxygens (including phenoxy) is 3. The summed E-state index contributed by atoms with van der Waals surface area (Å²) >= 11 is 0. The van der Waals surface area contributed by atoms with Crippen molar-refractivity contribution in [2.45, 2.75) is 129 Å². The molecule has 5 rings (SSSR count). The third-order valence-corrected chi connectivity index (χ3v) is 13.0. The minimum atomic E-state index is -1.60. The van der Waals surface area contributed by atoms with Crippen LogP contribution in [0.1, 0.15) is 116 Å². The second kappa shape index (κ2) is 24.8. The van der Waals surface area contributed by atoms with Gasteiger partial charge >= 0.3 is 11.8 Å². The van der Waals surface area contributed by atoms with E-state index in [4.69, 9.17) is 31.2 Å². The normalized spacial score (nSPS) is 17.6. The first kappa shape index (κ1) is 47.6. The lowest BCUT2D eigenvalue weighted by Gasteiger charge is -2.36. The molecule has 3 aromatic rings. The zero-order chi connectivity index (χ0) is 46.0. The van der Waals surface area contributed by atoms with Crippen LogP contribution in [0.2, 0.25) is 0 Å². The summed E-state index contributed by atoms with van der Waals surface area (Å²) in [7, 11) is -1.60. The van der Waals surface area contributed by atoms with E-state index in [1.54, 1.807) is 0 Å². The average Bonchev–Trinajstić information content (AvgIpc) is 3.83. The first-order chi connectivity index (χ1) is 30.9. The molecule has 2 amide bonds. The van der Waals surface area contributed by atoms with Crippen molar-refractivity contribution < 1.29 is 39.0 Å². The van der Waals surface area contributed by atoms with E-state index in [1.165, 1.54) is 10.8 Å². The number of aromatic nitrogens is 2. The summed E-state index contributed by atoms with van der Waals surface area (Å²) in [6, 6.07) is 16.5. The first-order valence-electron chi connectivity index (χ1n) is 22.6. The van der Waals surface area contributed by atoms with Crippen LogP contribution in [0.3, 0.4) is 0 Å². The Balaban J connectivity index is 0.935. The SMILES string of the molecule is [2H]CC1OC(n2cc(CCCNC(=O)CCC(=O)NCCCCCCOC(=O)OCC3c4ccccc4-c4ccccc43)c(=O)[nH]c2=O)CC1OP(OCC[N+]#[C-])N(C(C)C)C(C)C.